The molecule has 0 saturated carbocycles. The molecule has 2 aliphatic rings. The molecule has 3 rings (SSSR count). The van der Waals surface area contributed by atoms with Gasteiger partial charge in [0.1, 0.15) is 0 Å². The topological polar surface area (TPSA) is 38.0 Å². The second-order valence-corrected chi connectivity index (χ2v) is 6.46. The normalized spacial score (nSPS) is 21.2. The number of hydrogen-bond acceptors (Lipinski definition) is 2. The Morgan fingerprint density at radius 2 is 1.91 bits per heavy atom. The predicted molar refractivity (Wildman–Crippen MR) is 94.8 cm³/mol. The van der Waals surface area contributed by atoms with Crippen LogP contribution in [-0.4, -0.2) is 13.1 Å². The molecule has 1 aliphatic carbocycles. The van der Waals surface area contributed by atoms with E-state index in [4.69, 9.17) is 17.3 Å². The summed E-state index contributed by atoms with van der Waals surface area (Å²) >= 11 is 6.22. The zero-order valence-corrected chi connectivity index (χ0v) is 13.6. The molecule has 22 heavy (non-hydrogen) atoms. The van der Waals surface area contributed by atoms with Gasteiger partial charge >= 0.3 is 0 Å². The van der Waals surface area contributed by atoms with Crippen LogP contribution in [0.1, 0.15) is 36.8 Å². The van der Waals surface area contributed by atoms with E-state index in [1.165, 1.54) is 22.3 Å². The second-order valence-electron chi connectivity index (χ2n) is 6.02. The average Bonchev–Trinajstić information content (AvgIpc) is 2.73. The highest BCUT2D eigenvalue weighted by atomic mass is 35.5. The predicted octanol–water partition coefficient (Wildman–Crippen LogP) is 4.21. The van der Waals surface area contributed by atoms with Gasteiger partial charge in [0.15, 0.2) is 0 Å². The quantitative estimate of drug-likeness (QED) is 0.762. The fourth-order valence-electron chi connectivity index (χ4n) is 3.45. The van der Waals surface area contributed by atoms with E-state index in [0.29, 0.717) is 0 Å². The van der Waals surface area contributed by atoms with Crippen LogP contribution in [-0.2, 0) is 6.42 Å². The zero-order valence-electron chi connectivity index (χ0n) is 12.9. The highest BCUT2D eigenvalue weighted by Gasteiger charge is 2.20. The van der Waals surface area contributed by atoms with Crippen LogP contribution in [0.25, 0.3) is 5.57 Å². The van der Waals surface area contributed by atoms with E-state index in [2.05, 4.69) is 23.5 Å². The summed E-state index contributed by atoms with van der Waals surface area (Å²) in [4.78, 5) is 0. The number of rotatable bonds is 1. The molecule has 0 atom stereocenters. The molecule has 3 heteroatoms. The van der Waals surface area contributed by atoms with E-state index in [9.17, 15) is 0 Å². The molecule has 1 aromatic carbocycles. The molecule has 0 amide bonds. The summed E-state index contributed by atoms with van der Waals surface area (Å²) in [5.41, 5.74) is 12.9. The Labute approximate surface area is 137 Å². The lowest BCUT2D eigenvalue weighted by Gasteiger charge is -2.21. The molecule has 116 valence electrons. The van der Waals surface area contributed by atoms with Crippen LogP contribution < -0.4 is 11.1 Å². The number of nitrogens with two attached hydrogens (primary N) is 1. The second kappa shape index (κ2) is 7.17. The lowest BCUT2D eigenvalue weighted by molar-refractivity contribution is 0.610. The Bertz CT molecular complexity index is 633. The van der Waals surface area contributed by atoms with Crippen LogP contribution in [0.4, 0.5) is 0 Å². The molecule has 0 spiro atoms. The van der Waals surface area contributed by atoms with Gasteiger partial charge in [-0.1, -0.05) is 34.9 Å². The summed E-state index contributed by atoms with van der Waals surface area (Å²) in [6.45, 7) is 2.17. The van der Waals surface area contributed by atoms with Crippen molar-refractivity contribution in [3.63, 3.8) is 0 Å². The summed E-state index contributed by atoms with van der Waals surface area (Å²) in [7, 11) is 0. The van der Waals surface area contributed by atoms with Crippen molar-refractivity contribution >= 4 is 17.2 Å². The monoisotopic (exact) mass is 314 g/mol. The Kier molecular flexibility index (Phi) is 5.01. The van der Waals surface area contributed by atoms with E-state index < -0.39 is 0 Å². The Morgan fingerprint density at radius 1 is 1.09 bits per heavy atom. The third-order valence-corrected chi connectivity index (χ3v) is 4.82. The number of benzene rings is 1. The van der Waals surface area contributed by atoms with Crippen molar-refractivity contribution in [1.82, 2.24) is 5.32 Å². The van der Waals surface area contributed by atoms with E-state index in [1.54, 1.807) is 11.8 Å². The third-order valence-electron chi connectivity index (χ3n) is 4.59. The van der Waals surface area contributed by atoms with Gasteiger partial charge in [0.25, 0.3) is 0 Å². The van der Waals surface area contributed by atoms with Gasteiger partial charge in [-0.2, -0.15) is 0 Å². The largest absolute Gasteiger partial charge is 0.405 e. The smallest absolute Gasteiger partial charge is 0.0409 e. The van der Waals surface area contributed by atoms with Crippen molar-refractivity contribution < 1.29 is 0 Å². The lowest BCUT2D eigenvalue weighted by Crippen LogP contribution is -2.23. The van der Waals surface area contributed by atoms with E-state index in [-0.39, 0.29) is 0 Å². The molecule has 3 N–H and O–H groups in total. The highest BCUT2D eigenvalue weighted by Crippen LogP contribution is 2.37. The molecule has 0 aromatic heterocycles. The first-order valence-electron chi connectivity index (χ1n) is 8.04. The summed E-state index contributed by atoms with van der Waals surface area (Å²) in [6.07, 6.45) is 11.2. The molecule has 0 unspecified atom stereocenters. The number of aryl methyl sites for hydroxylation is 1. The first kappa shape index (κ1) is 15.4. The maximum Gasteiger partial charge on any atom is 0.0409 e. The minimum absolute atomic E-state index is 0.836. The van der Waals surface area contributed by atoms with Gasteiger partial charge in [-0.3, -0.25) is 0 Å². The summed E-state index contributed by atoms with van der Waals surface area (Å²) < 4.78 is 0. The number of piperidine rings is 1. The standard InChI is InChI=1S/C19H23ClN2/c20-17-5-6-18-16(13-17)4-3-14(2-1-9-21)12-19(18)15-7-10-22-11-8-15/h1-2,5-6,9,13,22H,3-4,7-8,10-12,21H2/b9-1-,14-2-. The Hall–Kier alpha value is -1.51. The molecule has 1 aromatic rings. The number of nitrogens with one attached hydrogen (secondary N) is 1. The van der Waals surface area contributed by atoms with Gasteiger partial charge in [0, 0.05) is 5.02 Å². The van der Waals surface area contributed by atoms with Crippen molar-refractivity contribution in [2.45, 2.75) is 32.1 Å². The number of fused-ring (bicyclic) bond motifs is 1. The molecular formula is C19H23ClN2. The third kappa shape index (κ3) is 3.45. The zero-order chi connectivity index (χ0) is 15.4. The average molecular weight is 315 g/mol. The summed E-state index contributed by atoms with van der Waals surface area (Å²) in [6, 6.07) is 6.38. The number of allylic oxidation sites excluding steroid dienone is 4. The first-order valence-corrected chi connectivity index (χ1v) is 8.42. The van der Waals surface area contributed by atoms with E-state index >= 15 is 0 Å². The van der Waals surface area contributed by atoms with Crippen molar-refractivity contribution in [1.29, 1.82) is 0 Å². The van der Waals surface area contributed by atoms with Crippen LogP contribution in [0.2, 0.25) is 5.02 Å². The molecule has 0 bridgehead atoms. The molecule has 0 radical (unpaired) electrons. The van der Waals surface area contributed by atoms with Crippen LogP contribution in [0, 0.1) is 0 Å². The van der Waals surface area contributed by atoms with Crippen molar-refractivity contribution in [2.75, 3.05) is 13.1 Å². The van der Waals surface area contributed by atoms with E-state index in [0.717, 1.165) is 50.2 Å². The molecule has 1 heterocycles. The highest BCUT2D eigenvalue weighted by molar-refractivity contribution is 6.30. The van der Waals surface area contributed by atoms with Crippen molar-refractivity contribution in [2.24, 2.45) is 5.73 Å². The maximum absolute atomic E-state index is 6.22. The molecular weight excluding hydrogens is 292 g/mol. The van der Waals surface area contributed by atoms with Gasteiger partial charge in [-0.25, -0.2) is 0 Å². The Morgan fingerprint density at radius 3 is 2.68 bits per heavy atom. The van der Waals surface area contributed by atoms with Crippen LogP contribution in [0.3, 0.4) is 0 Å². The Balaban J connectivity index is 2.06. The SMILES string of the molecule is N/C=C\C=C1\CCc2cc(Cl)ccc2C(=C2CCNCC2)C1. The van der Waals surface area contributed by atoms with Gasteiger partial charge in [0.05, 0.1) is 0 Å². The first-order chi connectivity index (χ1) is 10.8. The van der Waals surface area contributed by atoms with Crippen LogP contribution in [0.5, 0.6) is 0 Å². The molecule has 1 fully saturated rings. The van der Waals surface area contributed by atoms with Gasteiger partial charge in [-0.05, 0) is 86.3 Å². The molecule has 1 saturated heterocycles. The van der Waals surface area contributed by atoms with E-state index in [1.807, 2.05) is 12.1 Å². The van der Waals surface area contributed by atoms with Crippen molar-refractivity contribution in [3.8, 4) is 0 Å². The van der Waals surface area contributed by atoms with Crippen LogP contribution >= 0.6 is 11.6 Å². The number of halogens is 1. The maximum atomic E-state index is 6.22. The van der Waals surface area contributed by atoms with Gasteiger partial charge in [0.2, 0.25) is 0 Å². The van der Waals surface area contributed by atoms with Gasteiger partial charge < -0.3 is 11.1 Å². The molecule has 2 nitrogen and oxygen atoms in total. The lowest BCUT2D eigenvalue weighted by atomic mass is 9.89. The van der Waals surface area contributed by atoms with Crippen LogP contribution in [0.15, 0.2) is 47.7 Å². The fraction of sp³-hybridized carbons (Fsp3) is 0.368. The minimum Gasteiger partial charge on any atom is -0.405 e. The minimum atomic E-state index is 0.836. The summed E-state index contributed by atoms with van der Waals surface area (Å²) in [5, 5.41) is 4.29. The molecule has 1 aliphatic heterocycles. The fourth-order valence-corrected chi connectivity index (χ4v) is 3.64. The van der Waals surface area contributed by atoms with Gasteiger partial charge in [-0.15, -0.1) is 0 Å². The number of hydrogen-bond donors (Lipinski definition) is 2. The van der Waals surface area contributed by atoms with Crippen molar-refractivity contribution in [3.05, 3.63) is 63.8 Å². The summed E-state index contributed by atoms with van der Waals surface area (Å²) in [5.74, 6) is 0.